The van der Waals surface area contributed by atoms with E-state index in [0.29, 0.717) is 26.1 Å². The molecular weight excluding hydrogens is 344 g/mol. The molecule has 1 heterocycles. The topological polar surface area (TPSA) is 95.7 Å². The molecule has 0 spiro atoms. The third kappa shape index (κ3) is 4.93. The standard InChI is InChI=1S/C17H24N4O3.ClH/c1-17(2)15(23)19-16(24)21(17)12-14(22)20(10-6-9-18)11-13-7-4-3-5-8-13;/h3-5,7-8H,6,9-12,18H2,1-2H3,(H,19,23,24);1H. The minimum atomic E-state index is -1.03. The quantitative estimate of drug-likeness (QED) is 0.705. The molecule has 1 aromatic rings. The van der Waals surface area contributed by atoms with Crippen LogP contribution in [0.3, 0.4) is 0 Å². The lowest BCUT2D eigenvalue weighted by Crippen LogP contribution is -2.49. The third-order valence-corrected chi connectivity index (χ3v) is 4.19. The van der Waals surface area contributed by atoms with Crippen molar-refractivity contribution in [3.05, 3.63) is 35.9 Å². The van der Waals surface area contributed by atoms with Gasteiger partial charge in [0, 0.05) is 13.1 Å². The maximum atomic E-state index is 12.7. The molecule has 3 N–H and O–H groups in total. The van der Waals surface area contributed by atoms with Crippen molar-refractivity contribution in [1.82, 2.24) is 15.1 Å². The summed E-state index contributed by atoms with van der Waals surface area (Å²) in [4.78, 5) is 39.4. The monoisotopic (exact) mass is 368 g/mol. The summed E-state index contributed by atoms with van der Waals surface area (Å²) >= 11 is 0. The van der Waals surface area contributed by atoms with E-state index in [9.17, 15) is 14.4 Å². The molecule has 0 aromatic heterocycles. The molecule has 4 amide bonds. The fourth-order valence-corrected chi connectivity index (χ4v) is 2.58. The Balaban J connectivity index is 0.00000312. The first-order chi connectivity index (χ1) is 11.4. The van der Waals surface area contributed by atoms with E-state index >= 15 is 0 Å². The molecule has 8 heteroatoms. The van der Waals surface area contributed by atoms with E-state index in [1.165, 1.54) is 4.90 Å². The minimum absolute atomic E-state index is 0. The van der Waals surface area contributed by atoms with Crippen molar-refractivity contribution in [3.63, 3.8) is 0 Å². The molecule has 1 aliphatic rings. The molecule has 0 atom stereocenters. The fourth-order valence-electron chi connectivity index (χ4n) is 2.58. The summed E-state index contributed by atoms with van der Waals surface area (Å²) < 4.78 is 0. The van der Waals surface area contributed by atoms with Gasteiger partial charge >= 0.3 is 6.03 Å². The van der Waals surface area contributed by atoms with E-state index in [1.54, 1.807) is 18.7 Å². The average molecular weight is 369 g/mol. The van der Waals surface area contributed by atoms with Crippen molar-refractivity contribution in [2.45, 2.75) is 32.4 Å². The zero-order chi connectivity index (χ0) is 17.7. The maximum absolute atomic E-state index is 12.7. The highest BCUT2D eigenvalue weighted by molar-refractivity contribution is 6.07. The Bertz CT molecular complexity index is 622. The molecule has 0 bridgehead atoms. The van der Waals surface area contributed by atoms with Gasteiger partial charge in [-0.25, -0.2) is 4.79 Å². The second-order valence-corrected chi connectivity index (χ2v) is 6.35. The number of carbonyl (C=O) groups excluding carboxylic acids is 3. The lowest BCUT2D eigenvalue weighted by Gasteiger charge is -2.30. The number of nitrogens with one attached hydrogen (secondary N) is 1. The number of urea groups is 1. The van der Waals surface area contributed by atoms with Gasteiger partial charge in [-0.15, -0.1) is 12.4 Å². The van der Waals surface area contributed by atoms with E-state index in [-0.39, 0.29) is 24.9 Å². The van der Waals surface area contributed by atoms with Crippen LogP contribution in [0.1, 0.15) is 25.8 Å². The van der Waals surface area contributed by atoms with Gasteiger partial charge in [0.2, 0.25) is 5.91 Å². The highest BCUT2D eigenvalue weighted by Gasteiger charge is 2.46. The summed E-state index contributed by atoms with van der Waals surface area (Å²) in [6.45, 7) is 4.55. The van der Waals surface area contributed by atoms with Crippen LogP contribution in [0.4, 0.5) is 4.79 Å². The van der Waals surface area contributed by atoms with E-state index in [4.69, 9.17) is 5.73 Å². The van der Waals surface area contributed by atoms with Crippen LogP contribution in [0.2, 0.25) is 0 Å². The molecule has 1 saturated heterocycles. The van der Waals surface area contributed by atoms with E-state index < -0.39 is 17.5 Å². The van der Waals surface area contributed by atoms with Gasteiger partial charge in [-0.05, 0) is 32.4 Å². The molecule has 138 valence electrons. The Morgan fingerprint density at radius 2 is 1.88 bits per heavy atom. The highest BCUT2D eigenvalue weighted by Crippen LogP contribution is 2.21. The number of halogens is 1. The molecular formula is C17H25ClN4O3. The number of amides is 4. The summed E-state index contributed by atoms with van der Waals surface area (Å²) in [6, 6.07) is 9.10. The Morgan fingerprint density at radius 1 is 1.24 bits per heavy atom. The summed E-state index contributed by atoms with van der Waals surface area (Å²) in [7, 11) is 0. The van der Waals surface area contributed by atoms with Crippen molar-refractivity contribution < 1.29 is 14.4 Å². The first-order valence-electron chi connectivity index (χ1n) is 8.01. The number of hydrogen-bond acceptors (Lipinski definition) is 4. The molecule has 7 nitrogen and oxygen atoms in total. The van der Waals surface area contributed by atoms with Gasteiger partial charge < -0.3 is 15.5 Å². The molecule has 25 heavy (non-hydrogen) atoms. The van der Waals surface area contributed by atoms with E-state index in [0.717, 1.165) is 5.56 Å². The minimum Gasteiger partial charge on any atom is -0.337 e. The number of benzene rings is 1. The van der Waals surface area contributed by atoms with Gasteiger partial charge in [-0.2, -0.15) is 0 Å². The summed E-state index contributed by atoms with van der Waals surface area (Å²) in [5.41, 5.74) is 5.54. The Labute approximate surface area is 153 Å². The summed E-state index contributed by atoms with van der Waals surface area (Å²) in [5, 5.41) is 2.25. The molecule has 1 fully saturated rings. The normalized spacial score (nSPS) is 15.6. The number of nitrogens with two attached hydrogens (primary N) is 1. The molecule has 2 rings (SSSR count). The summed E-state index contributed by atoms with van der Waals surface area (Å²) in [5.74, 6) is -0.595. The van der Waals surface area contributed by atoms with Crippen LogP contribution >= 0.6 is 12.4 Å². The maximum Gasteiger partial charge on any atom is 0.325 e. The second kappa shape index (κ2) is 8.82. The molecule has 0 radical (unpaired) electrons. The molecule has 0 unspecified atom stereocenters. The Morgan fingerprint density at radius 3 is 2.40 bits per heavy atom. The Kier molecular flexibility index (Phi) is 7.38. The predicted octanol–water partition coefficient (Wildman–Crippen LogP) is 1.12. The van der Waals surface area contributed by atoms with Crippen LogP contribution in [0.25, 0.3) is 0 Å². The van der Waals surface area contributed by atoms with Gasteiger partial charge in [0.1, 0.15) is 12.1 Å². The fraction of sp³-hybridized carbons (Fsp3) is 0.471. The van der Waals surface area contributed by atoms with Crippen LogP contribution in [0.5, 0.6) is 0 Å². The van der Waals surface area contributed by atoms with Crippen molar-refractivity contribution in [3.8, 4) is 0 Å². The van der Waals surface area contributed by atoms with Gasteiger partial charge in [0.15, 0.2) is 0 Å². The highest BCUT2D eigenvalue weighted by atomic mass is 35.5. The zero-order valence-electron chi connectivity index (χ0n) is 14.5. The number of nitrogens with zero attached hydrogens (tertiary/aromatic N) is 2. The molecule has 1 aromatic carbocycles. The molecule has 1 aliphatic heterocycles. The first-order valence-corrected chi connectivity index (χ1v) is 8.01. The lowest BCUT2D eigenvalue weighted by atomic mass is 10.0. The first kappa shape index (κ1) is 20.9. The largest absolute Gasteiger partial charge is 0.337 e. The van der Waals surface area contributed by atoms with Crippen LogP contribution in [-0.4, -0.2) is 52.8 Å². The van der Waals surface area contributed by atoms with Gasteiger partial charge in [-0.3, -0.25) is 14.9 Å². The molecule has 0 aliphatic carbocycles. The van der Waals surface area contributed by atoms with E-state index in [1.807, 2.05) is 30.3 Å². The number of imide groups is 1. The number of carbonyl (C=O) groups is 3. The second-order valence-electron chi connectivity index (χ2n) is 6.35. The van der Waals surface area contributed by atoms with E-state index in [2.05, 4.69) is 5.32 Å². The van der Waals surface area contributed by atoms with Gasteiger partial charge in [0.25, 0.3) is 5.91 Å². The van der Waals surface area contributed by atoms with Gasteiger partial charge in [0.05, 0.1) is 0 Å². The van der Waals surface area contributed by atoms with Crippen molar-refractivity contribution >= 4 is 30.3 Å². The predicted molar refractivity (Wildman–Crippen MR) is 97.1 cm³/mol. The van der Waals surface area contributed by atoms with Crippen molar-refractivity contribution in [2.24, 2.45) is 5.73 Å². The van der Waals surface area contributed by atoms with Crippen LogP contribution in [-0.2, 0) is 16.1 Å². The lowest BCUT2D eigenvalue weighted by molar-refractivity contribution is -0.134. The smallest absolute Gasteiger partial charge is 0.325 e. The Hall–Kier alpha value is -2.12. The van der Waals surface area contributed by atoms with Gasteiger partial charge in [-0.1, -0.05) is 30.3 Å². The number of rotatable bonds is 7. The average Bonchev–Trinajstić information content (AvgIpc) is 2.74. The van der Waals surface area contributed by atoms with Crippen LogP contribution in [0, 0.1) is 0 Å². The molecule has 0 saturated carbocycles. The van der Waals surface area contributed by atoms with Crippen LogP contribution in [0.15, 0.2) is 30.3 Å². The zero-order valence-corrected chi connectivity index (χ0v) is 15.3. The van der Waals surface area contributed by atoms with Crippen molar-refractivity contribution in [2.75, 3.05) is 19.6 Å². The SMILES string of the molecule is CC1(C)C(=O)NC(=O)N1CC(=O)N(CCCN)Cc1ccccc1.Cl. The third-order valence-electron chi connectivity index (χ3n) is 4.19. The summed E-state index contributed by atoms with van der Waals surface area (Å²) in [6.07, 6.45) is 0.674. The van der Waals surface area contributed by atoms with Crippen molar-refractivity contribution in [1.29, 1.82) is 0 Å². The van der Waals surface area contributed by atoms with Crippen LogP contribution < -0.4 is 11.1 Å². The number of hydrogen-bond donors (Lipinski definition) is 2.